The lowest BCUT2D eigenvalue weighted by Crippen LogP contribution is -2.21. The summed E-state index contributed by atoms with van der Waals surface area (Å²) in [5.74, 6) is 0.930. The zero-order chi connectivity index (χ0) is 14.5. The second-order valence-electron chi connectivity index (χ2n) is 5.15. The molecule has 108 valence electrons. The first-order valence-electron chi connectivity index (χ1n) is 7.03. The van der Waals surface area contributed by atoms with Crippen molar-refractivity contribution in [1.82, 2.24) is 5.32 Å². The van der Waals surface area contributed by atoms with Crippen molar-refractivity contribution in [3.05, 3.63) is 51.2 Å². The monoisotopic (exact) mass is 289 g/mol. The van der Waals surface area contributed by atoms with E-state index in [0.29, 0.717) is 6.04 Å². The highest BCUT2D eigenvalue weighted by Gasteiger charge is 2.10. The third-order valence-corrected chi connectivity index (χ3v) is 4.53. The topological polar surface area (TPSA) is 21.3 Å². The summed E-state index contributed by atoms with van der Waals surface area (Å²) in [5.41, 5.74) is 2.74. The SMILES string of the molecule is COc1cccc(CCNC(C)c2cc(C)sc2C)c1. The van der Waals surface area contributed by atoms with Gasteiger partial charge in [-0.15, -0.1) is 11.3 Å². The molecular weight excluding hydrogens is 266 g/mol. The van der Waals surface area contributed by atoms with Crippen molar-refractivity contribution in [1.29, 1.82) is 0 Å². The smallest absolute Gasteiger partial charge is 0.119 e. The highest BCUT2D eigenvalue weighted by atomic mass is 32.1. The fourth-order valence-corrected chi connectivity index (χ4v) is 3.47. The Bertz CT molecular complexity index is 562. The molecule has 0 radical (unpaired) electrons. The van der Waals surface area contributed by atoms with Crippen LogP contribution < -0.4 is 10.1 Å². The minimum Gasteiger partial charge on any atom is -0.497 e. The number of benzene rings is 1. The number of ether oxygens (including phenoxy) is 1. The van der Waals surface area contributed by atoms with Gasteiger partial charge in [0.15, 0.2) is 0 Å². The lowest BCUT2D eigenvalue weighted by molar-refractivity contribution is 0.414. The van der Waals surface area contributed by atoms with Crippen LogP contribution in [0.15, 0.2) is 30.3 Å². The van der Waals surface area contributed by atoms with E-state index < -0.39 is 0 Å². The standard InChI is InChI=1S/C17H23NOS/c1-12-10-17(14(3)20-12)13(2)18-9-8-15-6-5-7-16(11-15)19-4/h5-7,10-11,13,18H,8-9H2,1-4H3. The number of hydrogen-bond acceptors (Lipinski definition) is 3. The van der Waals surface area contributed by atoms with Crippen LogP contribution in [0.5, 0.6) is 5.75 Å². The summed E-state index contributed by atoms with van der Waals surface area (Å²) in [6.07, 6.45) is 1.02. The van der Waals surface area contributed by atoms with Crippen LogP contribution >= 0.6 is 11.3 Å². The van der Waals surface area contributed by atoms with Gasteiger partial charge in [0.1, 0.15) is 5.75 Å². The molecule has 20 heavy (non-hydrogen) atoms. The van der Waals surface area contributed by atoms with Gasteiger partial charge < -0.3 is 10.1 Å². The molecule has 1 heterocycles. The molecule has 0 fully saturated rings. The molecule has 0 saturated heterocycles. The predicted octanol–water partition coefficient (Wildman–Crippen LogP) is 4.27. The molecule has 1 N–H and O–H groups in total. The van der Waals surface area contributed by atoms with Gasteiger partial charge in [-0.25, -0.2) is 0 Å². The molecule has 0 aliphatic rings. The van der Waals surface area contributed by atoms with E-state index in [0.717, 1.165) is 18.7 Å². The van der Waals surface area contributed by atoms with Crippen molar-refractivity contribution in [3.8, 4) is 5.75 Å². The Labute approximate surface area is 125 Å². The number of methoxy groups -OCH3 is 1. The maximum Gasteiger partial charge on any atom is 0.119 e. The first-order valence-corrected chi connectivity index (χ1v) is 7.85. The number of nitrogens with one attached hydrogen (secondary N) is 1. The average molecular weight is 289 g/mol. The van der Waals surface area contributed by atoms with Crippen molar-refractivity contribution >= 4 is 11.3 Å². The summed E-state index contributed by atoms with van der Waals surface area (Å²) in [7, 11) is 1.71. The first kappa shape index (κ1) is 15.1. The third-order valence-electron chi connectivity index (χ3n) is 3.54. The van der Waals surface area contributed by atoms with Gasteiger partial charge in [-0.3, -0.25) is 0 Å². The molecule has 1 unspecified atom stereocenters. The summed E-state index contributed by atoms with van der Waals surface area (Å²) < 4.78 is 5.25. The Morgan fingerprint density at radius 2 is 2.05 bits per heavy atom. The molecule has 1 aromatic carbocycles. The van der Waals surface area contributed by atoms with E-state index in [4.69, 9.17) is 4.74 Å². The van der Waals surface area contributed by atoms with Gasteiger partial charge in [-0.05, 0) is 63.1 Å². The maximum absolute atomic E-state index is 5.25. The Morgan fingerprint density at radius 1 is 1.25 bits per heavy atom. The molecule has 0 bridgehead atoms. The molecule has 0 aliphatic carbocycles. The quantitative estimate of drug-likeness (QED) is 0.857. The van der Waals surface area contributed by atoms with Crippen LogP contribution in [0.25, 0.3) is 0 Å². The number of hydrogen-bond donors (Lipinski definition) is 1. The van der Waals surface area contributed by atoms with Crippen molar-refractivity contribution < 1.29 is 4.74 Å². The largest absolute Gasteiger partial charge is 0.497 e. The van der Waals surface area contributed by atoms with Gasteiger partial charge in [0, 0.05) is 15.8 Å². The second kappa shape index (κ2) is 6.91. The zero-order valence-electron chi connectivity index (χ0n) is 12.7. The zero-order valence-corrected chi connectivity index (χ0v) is 13.5. The summed E-state index contributed by atoms with van der Waals surface area (Å²) in [6, 6.07) is 11.0. The van der Waals surface area contributed by atoms with E-state index in [1.165, 1.54) is 20.9 Å². The number of aryl methyl sites for hydroxylation is 2. The molecular formula is C17H23NOS. The van der Waals surface area contributed by atoms with Crippen LogP contribution in [-0.2, 0) is 6.42 Å². The summed E-state index contributed by atoms with van der Waals surface area (Å²) >= 11 is 1.88. The summed E-state index contributed by atoms with van der Waals surface area (Å²) in [5, 5.41) is 3.60. The van der Waals surface area contributed by atoms with Crippen LogP contribution in [0, 0.1) is 13.8 Å². The van der Waals surface area contributed by atoms with Crippen LogP contribution in [0.4, 0.5) is 0 Å². The van der Waals surface area contributed by atoms with Crippen molar-refractivity contribution in [2.75, 3.05) is 13.7 Å². The lowest BCUT2D eigenvalue weighted by atomic mass is 10.1. The third kappa shape index (κ3) is 3.84. The molecule has 2 nitrogen and oxygen atoms in total. The fourth-order valence-electron chi connectivity index (χ4n) is 2.45. The van der Waals surface area contributed by atoms with Crippen molar-refractivity contribution in [2.45, 2.75) is 33.2 Å². The van der Waals surface area contributed by atoms with E-state index in [1.54, 1.807) is 7.11 Å². The van der Waals surface area contributed by atoms with Crippen LogP contribution in [-0.4, -0.2) is 13.7 Å². The molecule has 0 aliphatic heterocycles. The fraction of sp³-hybridized carbons (Fsp3) is 0.412. The van der Waals surface area contributed by atoms with E-state index in [-0.39, 0.29) is 0 Å². The minimum atomic E-state index is 0.408. The minimum absolute atomic E-state index is 0.408. The maximum atomic E-state index is 5.25. The summed E-state index contributed by atoms with van der Waals surface area (Å²) in [6.45, 7) is 7.58. The second-order valence-corrected chi connectivity index (χ2v) is 6.61. The summed E-state index contributed by atoms with van der Waals surface area (Å²) in [4.78, 5) is 2.81. The van der Waals surface area contributed by atoms with Crippen LogP contribution in [0.2, 0.25) is 0 Å². The van der Waals surface area contributed by atoms with Crippen LogP contribution in [0.1, 0.15) is 33.8 Å². The Balaban J connectivity index is 1.87. The Morgan fingerprint density at radius 3 is 2.70 bits per heavy atom. The van der Waals surface area contributed by atoms with Gasteiger partial charge in [-0.1, -0.05) is 12.1 Å². The molecule has 2 rings (SSSR count). The number of rotatable bonds is 6. The highest BCUT2D eigenvalue weighted by molar-refractivity contribution is 7.12. The van der Waals surface area contributed by atoms with Gasteiger partial charge >= 0.3 is 0 Å². The highest BCUT2D eigenvalue weighted by Crippen LogP contribution is 2.26. The Kier molecular flexibility index (Phi) is 5.21. The van der Waals surface area contributed by atoms with E-state index in [1.807, 2.05) is 23.5 Å². The van der Waals surface area contributed by atoms with Crippen molar-refractivity contribution in [3.63, 3.8) is 0 Å². The van der Waals surface area contributed by atoms with Crippen LogP contribution in [0.3, 0.4) is 0 Å². The molecule has 0 saturated carbocycles. The number of thiophene rings is 1. The van der Waals surface area contributed by atoms with Gasteiger partial charge in [0.2, 0.25) is 0 Å². The molecule has 3 heteroatoms. The molecule has 1 aromatic heterocycles. The molecule has 2 aromatic rings. The van der Waals surface area contributed by atoms with E-state index in [9.17, 15) is 0 Å². The molecule has 1 atom stereocenters. The van der Waals surface area contributed by atoms with E-state index >= 15 is 0 Å². The molecule has 0 amide bonds. The average Bonchev–Trinajstić information content (AvgIpc) is 2.78. The first-order chi connectivity index (χ1) is 9.60. The van der Waals surface area contributed by atoms with Crippen molar-refractivity contribution in [2.24, 2.45) is 0 Å². The van der Waals surface area contributed by atoms with E-state index in [2.05, 4.69) is 44.3 Å². The van der Waals surface area contributed by atoms with Gasteiger partial charge in [0.25, 0.3) is 0 Å². The predicted molar refractivity (Wildman–Crippen MR) is 86.9 cm³/mol. The normalized spacial score (nSPS) is 12.4. The molecule has 0 spiro atoms. The van der Waals surface area contributed by atoms with Gasteiger partial charge in [-0.2, -0.15) is 0 Å². The lowest BCUT2D eigenvalue weighted by Gasteiger charge is -2.14. The van der Waals surface area contributed by atoms with Gasteiger partial charge in [0.05, 0.1) is 7.11 Å². The Hall–Kier alpha value is -1.32.